The fourth-order valence-electron chi connectivity index (χ4n) is 4.35. The van der Waals surface area contributed by atoms with Crippen molar-refractivity contribution in [3.63, 3.8) is 0 Å². The Kier molecular flexibility index (Phi) is 5.64. The molecule has 1 saturated heterocycles. The molecule has 6 rings (SSSR count). The molecule has 176 valence electrons. The first kappa shape index (κ1) is 22.4. The molecule has 4 heterocycles. The zero-order valence-electron chi connectivity index (χ0n) is 18.6. The molecule has 5 aromatic rings. The van der Waals surface area contributed by atoms with E-state index in [0.717, 1.165) is 40.0 Å². The second-order valence-corrected chi connectivity index (χ2v) is 10.7. The van der Waals surface area contributed by atoms with E-state index in [4.69, 9.17) is 11.6 Å². The Balaban J connectivity index is 1.47. The van der Waals surface area contributed by atoms with Crippen LogP contribution in [0.1, 0.15) is 0 Å². The van der Waals surface area contributed by atoms with Crippen LogP contribution in [-0.2, 0) is 0 Å². The molecule has 3 aromatic heterocycles. The minimum Gasteiger partial charge on any atom is -0.380 e. The van der Waals surface area contributed by atoms with Crippen LogP contribution >= 0.6 is 34.9 Å². The summed E-state index contributed by atoms with van der Waals surface area (Å²) in [5.41, 5.74) is 1.82. The predicted octanol–water partition coefficient (Wildman–Crippen LogP) is 4.98. The van der Waals surface area contributed by atoms with Crippen molar-refractivity contribution in [2.75, 3.05) is 24.7 Å². The number of fused-ring (bicyclic) bond motifs is 2. The van der Waals surface area contributed by atoms with Crippen molar-refractivity contribution < 1.29 is 0 Å². The number of hydrogen-bond acceptors (Lipinski definition) is 7. The Bertz CT molecular complexity index is 1700. The Morgan fingerprint density at radius 2 is 1.97 bits per heavy atom. The van der Waals surface area contributed by atoms with Crippen molar-refractivity contribution in [2.24, 2.45) is 0 Å². The molecule has 0 aliphatic carbocycles. The molecule has 0 unspecified atom stereocenters. The summed E-state index contributed by atoms with van der Waals surface area (Å²) in [6.07, 6.45) is 5.37. The molecular weight excluding hydrogens is 502 g/mol. The van der Waals surface area contributed by atoms with Gasteiger partial charge in [0, 0.05) is 51.2 Å². The van der Waals surface area contributed by atoms with Gasteiger partial charge in [-0.2, -0.15) is 0 Å². The second kappa shape index (κ2) is 8.83. The molecule has 7 nitrogen and oxygen atoms in total. The SMILES string of the molecule is CSN1CC(Nc2ccc3cncc(-n4c(=O)[nH]c5cc(-c6ccccc6Cl)sc5c4=O)c3c2)C1. The van der Waals surface area contributed by atoms with Gasteiger partial charge in [-0.05, 0) is 30.5 Å². The quantitative estimate of drug-likeness (QED) is 0.317. The fraction of sp³-hybridized carbons (Fsp3) is 0.160. The molecule has 1 aliphatic heterocycles. The number of halogens is 1. The third-order valence-electron chi connectivity index (χ3n) is 6.17. The van der Waals surface area contributed by atoms with Crippen molar-refractivity contribution in [3.05, 3.63) is 86.8 Å². The molecule has 10 heteroatoms. The molecule has 2 aromatic carbocycles. The van der Waals surface area contributed by atoms with E-state index in [-0.39, 0.29) is 5.56 Å². The lowest BCUT2D eigenvalue weighted by Gasteiger charge is -2.38. The maximum absolute atomic E-state index is 13.6. The van der Waals surface area contributed by atoms with Gasteiger partial charge in [0.1, 0.15) is 4.70 Å². The number of thiophene rings is 1. The molecule has 0 saturated carbocycles. The Labute approximate surface area is 213 Å². The summed E-state index contributed by atoms with van der Waals surface area (Å²) in [7, 11) is 0. The van der Waals surface area contributed by atoms with E-state index in [2.05, 4.69) is 25.8 Å². The Hall–Kier alpha value is -3.11. The minimum absolute atomic E-state index is 0.363. The van der Waals surface area contributed by atoms with E-state index in [9.17, 15) is 9.59 Å². The average molecular weight is 522 g/mol. The Morgan fingerprint density at radius 1 is 1.14 bits per heavy atom. The van der Waals surface area contributed by atoms with E-state index in [1.54, 1.807) is 36.5 Å². The van der Waals surface area contributed by atoms with E-state index >= 15 is 0 Å². The van der Waals surface area contributed by atoms with Crippen LogP contribution in [0.2, 0.25) is 5.02 Å². The van der Waals surface area contributed by atoms with E-state index in [1.807, 2.05) is 36.4 Å². The summed E-state index contributed by atoms with van der Waals surface area (Å²) < 4.78 is 3.91. The van der Waals surface area contributed by atoms with E-state index < -0.39 is 5.69 Å². The summed E-state index contributed by atoms with van der Waals surface area (Å²) in [4.78, 5) is 34.7. The first-order valence-corrected chi connectivity index (χ1v) is 13.4. The third-order valence-corrected chi connectivity index (χ3v) is 8.47. The molecule has 0 bridgehead atoms. The number of benzene rings is 2. The summed E-state index contributed by atoms with van der Waals surface area (Å²) in [6.45, 7) is 1.93. The lowest BCUT2D eigenvalue weighted by Crippen LogP contribution is -2.50. The molecule has 2 N–H and O–H groups in total. The van der Waals surface area contributed by atoms with Crippen molar-refractivity contribution in [2.45, 2.75) is 6.04 Å². The highest BCUT2D eigenvalue weighted by Crippen LogP contribution is 2.35. The maximum atomic E-state index is 13.6. The topological polar surface area (TPSA) is 83.0 Å². The van der Waals surface area contributed by atoms with Gasteiger partial charge in [-0.15, -0.1) is 11.3 Å². The number of nitrogens with zero attached hydrogens (tertiary/aromatic N) is 3. The highest BCUT2D eigenvalue weighted by Gasteiger charge is 2.26. The predicted molar refractivity (Wildman–Crippen MR) is 146 cm³/mol. The highest BCUT2D eigenvalue weighted by molar-refractivity contribution is 7.96. The van der Waals surface area contributed by atoms with Crippen LogP contribution in [-0.4, -0.2) is 44.2 Å². The monoisotopic (exact) mass is 521 g/mol. The van der Waals surface area contributed by atoms with Crippen LogP contribution in [0.3, 0.4) is 0 Å². The molecule has 0 amide bonds. The number of aromatic nitrogens is 3. The van der Waals surface area contributed by atoms with Crippen molar-refractivity contribution in [1.29, 1.82) is 0 Å². The van der Waals surface area contributed by atoms with Gasteiger partial charge in [0.25, 0.3) is 5.56 Å². The molecule has 35 heavy (non-hydrogen) atoms. The first-order valence-electron chi connectivity index (χ1n) is 11.0. The van der Waals surface area contributed by atoms with Gasteiger partial charge in [-0.25, -0.2) is 13.7 Å². The zero-order chi connectivity index (χ0) is 24.1. The van der Waals surface area contributed by atoms with Gasteiger partial charge < -0.3 is 10.3 Å². The largest absolute Gasteiger partial charge is 0.380 e. The van der Waals surface area contributed by atoms with Crippen molar-refractivity contribution in [3.8, 4) is 16.1 Å². The standard InChI is InChI=1S/C25H20ClN5O2S2/c1-34-30-12-16(13-30)28-15-7-6-14-10-27-11-21(18(14)8-15)31-24(32)23-20(29-25(31)33)9-22(35-23)17-4-2-3-5-19(17)26/h2-11,16,28H,12-13H2,1H3,(H,29,33). The maximum Gasteiger partial charge on any atom is 0.333 e. The fourth-order valence-corrected chi connectivity index (χ4v) is 6.39. The molecule has 0 radical (unpaired) electrons. The zero-order valence-corrected chi connectivity index (χ0v) is 21.0. The number of anilines is 1. The summed E-state index contributed by atoms with van der Waals surface area (Å²) in [5.74, 6) is 0. The van der Waals surface area contributed by atoms with Crippen LogP contribution in [0, 0.1) is 0 Å². The molecule has 1 fully saturated rings. The van der Waals surface area contributed by atoms with Gasteiger partial charge in [0.05, 0.1) is 23.4 Å². The summed E-state index contributed by atoms with van der Waals surface area (Å²) >= 11 is 9.41. The van der Waals surface area contributed by atoms with Gasteiger partial charge in [-0.3, -0.25) is 9.78 Å². The van der Waals surface area contributed by atoms with Crippen LogP contribution in [0.25, 0.3) is 37.1 Å². The summed E-state index contributed by atoms with van der Waals surface area (Å²) in [6, 6.07) is 15.5. The van der Waals surface area contributed by atoms with Crippen LogP contribution in [0.4, 0.5) is 5.69 Å². The number of H-pyrrole nitrogens is 1. The third kappa shape index (κ3) is 3.94. The number of nitrogens with one attached hydrogen (secondary N) is 2. The smallest absolute Gasteiger partial charge is 0.333 e. The molecule has 1 aliphatic rings. The van der Waals surface area contributed by atoms with Crippen LogP contribution in [0.15, 0.2) is 70.5 Å². The second-order valence-electron chi connectivity index (χ2n) is 8.37. The van der Waals surface area contributed by atoms with Crippen LogP contribution < -0.4 is 16.6 Å². The summed E-state index contributed by atoms with van der Waals surface area (Å²) in [5, 5.41) is 5.76. The van der Waals surface area contributed by atoms with Crippen molar-refractivity contribution in [1.82, 2.24) is 18.8 Å². The molecular formula is C25H20ClN5O2S2. The number of hydrogen-bond donors (Lipinski definition) is 2. The molecule has 0 atom stereocenters. The van der Waals surface area contributed by atoms with Gasteiger partial charge in [0.2, 0.25) is 0 Å². The van der Waals surface area contributed by atoms with Gasteiger partial charge in [-0.1, -0.05) is 47.8 Å². The lowest BCUT2D eigenvalue weighted by atomic mass is 10.1. The minimum atomic E-state index is -0.506. The van der Waals surface area contributed by atoms with Crippen molar-refractivity contribution >= 4 is 61.6 Å². The average Bonchev–Trinajstić information content (AvgIpc) is 3.25. The lowest BCUT2D eigenvalue weighted by molar-refractivity contribution is 0.310. The van der Waals surface area contributed by atoms with E-state index in [0.29, 0.717) is 27.0 Å². The van der Waals surface area contributed by atoms with Gasteiger partial charge >= 0.3 is 5.69 Å². The number of rotatable bonds is 5. The van der Waals surface area contributed by atoms with Gasteiger partial charge in [0.15, 0.2) is 0 Å². The Morgan fingerprint density at radius 3 is 2.77 bits per heavy atom. The number of pyridine rings is 1. The first-order chi connectivity index (χ1) is 17.0. The highest BCUT2D eigenvalue weighted by atomic mass is 35.5. The normalized spacial score (nSPS) is 14.5. The molecule has 0 spiro atoms. The number of aromatic amines is 1. The van der Waals surface area contributed by atoms with E-state index in [1.165, 1.54) is 15.9 Å². The van der Waals surface area contributed by atoms with Crippen LogP contribution in [0.5, 0.6) is 0 Å².